The number of nitroso groups, excluding NO2 is 1. The van der Waals surface area contributed by atoms with Crippen molar-refractivity contribution in [2.24, 2.45) is 5.18 Å². The zero-order chi connectivity index (χ0) is 14.8. The highest BCUT2D eigenvalue weighted by Crippen LogP contribution is 2.37. The fourth-order valence-electron chi connectivity index (χ4n) is 2.72. The molecule has 1 aromatic carbocycles. The number of rotatable bonds is 3. The van der Waals surface area contributed by atoms with E-state index in [1.807, 2.05) is 12.1 Å². The highest BCUT2D eigenvalue weighted by Gasteiger charge is 2.17. The quantitative estimate of drug-likeness (QED) is 0.807. The predicted molar refractivity (Wildman–Crippen MR) is 89.7 cm³/mol. The summed E-state index contributed by atoms with van der Waals surface area (Å²) in [4.78, 5) is 15.8. The van der Waals surface area contributed by atoms with Crippen molar-refractivity contribution in [1.82, 2.24) is 4.90 Å². The Balaban J connectivity index is 1.97. The fourth-order valence-corrected chi connectivity index (χ4v) is 3.57. The first kappa shape index (κ1) is 14.2. The van der Waals surface area contributed by atoms with Crippen molar-refractivity contribution in [1.29, 1.82) is 0 Å². The topological polar surface area (TPSA) is 35.9 Å². The molecular weight excluding hydrogens is 282 g/mol. The van der Waals surface area contributed by atoms with Gasteiger partial charge in [0.2, 0.25) is 0 Å². The van der Waals surface area contributed by atoms with Gasteiger partial charge in [-0.15, -0.1) is 4.91 Å². The van der Waals surface area contributed by atoms with Crippen LogP contribution in [0, 0.1) is 11.8 Å². The van der Waals surface area contributed by atoms with Crippen molar-refractivity contribution < 1.29 is 0 Å². The van der Waals surface area contributed by atoms with Crippen molar-refractivity contribution in [3.8, 4) is 11.1 Å². The summed E-state index contributed by atoms with van der Waals surface area (Å²) in [5, 5.41) is 7.39. The number of hydrogen-bond donors (Lipinski definition) is 0. The number of likely N-dealkylation sites (N-methyl/N-ethyl adjacent to an activating group) is 1. The van der Waals surface area contributed by atoms with Crippen LogP contribution in [0.2, 0.25) is 0 Å². The Morgan fingerprint density at radius 2 is 1.86 bits per heavy atom. The van der Waals surface area contributed by atoms with Crippen molar-refractivity contribution in [3.63, 3.8) is 0 Å². The molecule has 3 rings (SSSR count). The second kappa shape index (κ2) is 5.95. The Morgan fingerprint density at radius 1 is 1.10 bits per heavy atom. The van der Waals surface area contributed by atoms with E-state index in [0.29, 0.717) is 5.69 Å². The Bertz CT molecular complexity index is 645. The summed E-state index contributed by atoms with van der Waals surface area (Å²) in [7, 11) is 2.15. The molecule has 1 aliphatic rings. The number of hydrogen-bond acceptors (Lipinski definition) is 5. The molecule has 0 unspecified atom stereocenters. The maximum absolute atomic E-state index is 11.1. The molecule has 1 fully saturated rings. The van der Waals surface area contributed by atoms with Crippen molar-refractivity contribution in [2.45, 2.75) is 6.92 Å². The summed E-state index contributed by atoms with van der Waals surface area (Å²) in [6.07, 6.45) is 0. The SMILES string of the molecule is Cc1cscc1-c1cc(N2CCN(C)CC2)ccc1N=O. The summed E-state index contributed by atoms with van der Waals surface area (Å²) in [5.41, 5.74) is 4.96. The third kappa shape index (κ3) is 2.84. The van der Waals surface area contributed by atoms with Gasteiger partial charge >= 0.3 is 0 Å². The Kier molecular flexibility index (Phi) is 4.03. The van der Waals surface area contributed by atoms with Crippen LogP contribution < -0.4 is 4.90 Å². The second-order valence-electron chi connectivity index (χ2n) is 5.55. The van der Waals surface area contributed by atoms with Crippen LogP contribution in [0.3, 0.4) is 0 Å². The molecule has 4 nitrogen and oxygen atoms in total. The molecule has 2 heterocycles. The molecule has 2 aromatic rings. The molecule has 0 atom stereocenters. The van der Waals surface area contributed by atoms with Crippen LogP contribution in [-0.2, 0) is 0 Å². The molecule has 0 bridgehead atoms. The summed E-state index contributed by atoms with van der Waals surface area (Å²) in [6.45, 7) is 6.25. The molecule has 1 aliphatic heterocycles. The zero-order valence-corrected chi connectivity index (χ0v) is 13.2. The highest BCUT2D eigenvalue weighted by atomic mass is 32.1. The highest BCUT2D eigenvalue weighted by molar-refractivity contribution is 7.08. The van der Waals surface area contributed by atoms with Crippen molar-refractivity contribution in [3.05, 3.63) is 39.4 Å². The van der Waals surface area contributed by atoms with E-state index >= 15 is 0 Å². The van der Waals surface area contributed by atoms with E-state index in [-0.39, 0.29) is 0 Å². The lowest BCUT2D eigenvalue weighted by molar-refractivity contribution is 0.313. The van der Waals surface area contributed by atoms with Crippen LogP contribution >= 0.6 is 11.3 Å². The maximum atomic E-state index is 11.1. The van der Waals surface area contributed by atoms with Gasteiger partial charge in [0.25, 0.3) is 0 Å². The first-order chi connectivity index (χ1) is 10.2. The third-order valence-corrected chi connectivity index (χ3v) is 4.95. The van der Waals surface area contributed by atoms with Crippen molar-refractivity contribution in [2.75, 3.05) is 38.1 Å². The number of thiophene rings is 1. The lowest BCUT2D eigenvalue weighted by Crippen LogP contribution is -2.44. The molecule has 5 heteroatoms. The normalized spacial score (nSPS) is 16.2. The third-order valence-electron chi connectivity index (χ3n) is 4.09. The summed E-state index contributed by atoms with van der Waals surface area (Å²) < 4.78 is 0. The molecule has 0 N–H and O–H groups in total. The number of aryl methyl sites for hydroxylation is 1. The van der Waals surface area contributed by atoms with E-state index in [1.165, 1.54) is 11.3 Å². The van der Waals surface area contributed by atoms with Crippen molar-refractivity contribution >= 4 is 22.7 Å². The summed E-state index contributed by atoms with van der Waals surface area (Å²) in [5.74, 6) is 0. The number of piperazine rings is 1. The van der Waals surface area contributed by atoms with Gasteiger partial charge < -0.3 is 9.80 Å². The van der Waals surface area contributed by atoms with Gasteiger partial charge in [0, 0.05) is 37.4 Å². The molecule has 21 heavy (non-hydrogen) atoms. The first-order valence-corrected chi connectivity index (χ1v) is 8.07. The van der Waals surface area contributed by atoms with Gasteiger partial charge in [0.05, 0.1) is 0 Å². The predicted octanol–water partition coefficient (Wildman–Crippen LogP) is 3.87. The van der Waals surface area contributed by atoms with Crippen LogP contribution in [0.5, 0.6) is 0 Å². The number of benzene rings is 1. The Hall–Kier alpha value is -1.72. The van der Waals surface area contributed by atoms with E-state index in [0.717, 1.165) is 37.3 Å². The van der Waals surface area contributed by atoms with Crippen LogP contribution in [0.4, 0.5) is 11.4 Å². The van der Waals surface area contributed by atoms with Crippen LogP contribution in [-0.4, -0.2) is 38.1 Å². The average molecular weight is 301 g/mol. The molecular formula is C16H19N3OS. The Morgan fingerprint density at radius 3 is 2.48 bits per heavy atom. The van der Waals surface area contributed by atoms with E-state index in [4.69, 9.17) is 0 Å². The van der Waals surface area contributed by atoms with Gasteiger partial charge in [-0.1, -0.05) is 0 Å². The van der Waals surface area contributed by atoms with Crippen LogP contribution in [0.15, 0.2) is 34.1 Å². The van der Waals surface area contributed by atoms with Gasteiger partial charge in [0.15, 0.2) is 0 Å². The fraction of sp³-hybridized carbons (Fsp3) is 0.375. The number of nitrogens with zero attached hydrogens (tertiary/aromatic N) is 3. The van der Waals surface area contributed by atoms with E-state index in [2.05, 4.69) is 45.8 Å². The largest absolute Gasteiger partial charge is 0.369 e. The molecule has 0 spiro atoms. The first-order valence-electron chi connectivity index (χ1n) is 7.13. The molecule has 1 saturated heterocycles. The van der Waals surface area contributed by atoms with Gasteiger partial charge in [-0.05, 0) is 59.2 Å². The lowest BCUT2D eigenvalue weighted by Gasteiger charge is -2.34. The molecule has 0 aliphatic carbocycles. The van der Waals surface area contributed by atoms with Gasteiger partial charge in [-0.3, -0.25) is 0 Å². The van der Waals surface area contributed by atoms with Crippen LogP contribution in [0.1, 0.15) is 5.56 Å². The number of anilines is 1. The lowest BCUT2D eigenvalue weighted by atomic mass is 10.0. The van der Waals surface area contributed by atoms with E-state index in [9.17, 15) is 4.91 Å². The summed E-state index contributed by atoms with van der Waals surface area (Å²) >= 11 is 1.66. The Labute approximate surface area is 129 Å². The second-order valence-corrected chi connectivity index (χ2v) is 6.30. The smallest absolute Gasteiger partial charge is 0.116 e. The molecule has 1 aromatic heterocycles. The molecule has 0 saturated carbocycles. The minimum absolute atomic E-state index is 0.523. The maximum Gasteiger partial charge on any atom is 0.116 e. The standard InChI is InChI=1S/C16H19N3OS/c1-12-10-21-11-15(12)14-9-13(3-4-16(14)17-20)19-7-5-18(2)6-8-19/h3-4,9-11H,5-8H2,1-2H3. The minimum Gasteiger partial charge on any atom is -0.369 e. The zero-order valence-electron chi connectivity index (χ0n) is 12.4. The molecule has 0 amide bonds. The molecule has 0 radical (unpaired) electrons. The van der Waals surface area contributed by atoms with Crippen LogP contribution in [0.25, 0.3) is 11.1 Å². The summed E-state index contributed by atoms with van der Waals surface area (Å²) in [6, 6.07) is 5.96. The minimum atomic E-state index is 0.523. The van der Waals surface area contributed by atoms with E-state index in [1.54, 1.807) is 11.3 Å². The van der Waals surface area contributed by atoms with E-state index < -0.39 is 0 Å². The molecule has 110 valence electrons. The average Bonchev–Trinajstić information content (AvgIpc) is 2.93. The monoisotopic (exact) mass is 301 g/mol. The van der Waals surface area contributed by atoms with Gasteiger partial charge in [0.1, 0.15) is 5.69 Å². The van der Waals surface area contributed by atoms with Gasteiger partial charge in [-0.2, -0.15) is 11.3 Å². The van der Waals surface area contributed by atoms with Gasteiger partial charge in [-0.25, -0.2) is 0 Å².